The van der Waals surface area contributed by atoms with Crippen molar-refractivity contribution in [3.8, 4) is 0 Å². The maximum Gasteiger partial charge on any atom is 0.315 e. The summed E-state index contributed by atoms with van der Waals surface area (Å²) in [7, 11) is 0. The molecule has 0 aromatic heterocycles. The van der Waals surface area contributed by atoms with Gasteiger partial charge in [-0.05, 0) is 56.6 Å². The van der Waals surface area contributed by atoms with Crippen LogP contribution in [0.15, 0.2) is 23.1 Å². The molecule has 0 spiro atoms. The van der Waals surface area contributed by atoms with Crippen LogP contribution in [0.2, 0.25) is 0 Å². The number of amides is 2. The molecule has 104 valence electrons. The van der Waals surface area contributed by atoms with Crippen LogP contribution in [0.3, 0.4) is 0 Å². The zero-order chi connectivity index (χ0) is 13.9. The standard InChI is InChI=1S/C15H22N2OS/c1-15(2,3)17-14(18)16-10-11-6-7-13-12(9-11)5-4-8-19-13/h6-7,9H,4-5,8,10H2,1-3H3,(H2,16,17,18). The van der Waals surface area contributed by atoms with E-state index in [2.05, 4.69) is 28.8 Å². The van der Waals surface area contributed by atoms with Crippen LogP contribution in [0, 0.1) is 0 Å². The molecule has 0 saturated heterocycles. The molecule has 0 aliphatic carbocycles. The van der Waals surface area contributed by atoms with Crippen LogP contribution in [0.5, 0.6) is 0 Å². The third-order valence-corrected chi connectivity index (χ3v) is 4.12. The molecule has 1 aliphatic rings. The Kier molecular flexibility index (Phi) is 4.40. The summed E-state index contributed by atoms with van der Waals surface area (Å²) in [6.45, 7) is 6.51. The minimum atomic E-state index is -0.198. The first-order valence-electron chi connectivity index (χ1n) is 6.75. The molecule has 0 saturated carbocycles. The average Bonchev–Trinajstić information content (AvgIpc) is 2.34. The number of aryl methyl sites for hydroxylation is 1. The number of urea groups is 1. The van der Waals surface area contributed by atoms with Gasteiger partial charge in [0.1, 0.15) is 0 Å². The highest BCUT2D eigenvalue weighted by atomic mass is 32.2. The number of thioether (sulfide) groups is 1. The lowest BCUT2D eigenvalue weighted by molar-refractivity contribution is 0.231. The Labute approximate surface area is 119 Å². The smallest absolute Gasteiger partial charge is 0.315 e. The second-order valence-corrected chi connectivity index (χ2v) is 7.09. The van der Waals surface area contributed by atoms with Crippen molar-refractivity contribution in [2.24, 2.45) is 0 Å². The molecular formula is C15H22N2OS. The van der Waals surface area contributed by atoms with Gasteiger partial charge in [0.2, 0.25) is 0 Å². The van der Waals surface area contributed by atoms with Gasteiger partial charge in [0.05, 0.1) is 0 Å². The Morgan fingerprint density at radius 2 is 2.16 bits per heavy atom. The monoisotopic (exact) mass is 278 g/mol. The number of hydrogen-bond acceptors (Lipinski definition) is 2. The van der Waals surface area contributed by atoms with Gasteiger partial charge in [-0.2, -0.15) is 0 Å². The van der Waals surface area contributed by atoms with Crippen LogP contribution >= 0.6 is 11.8 Å². The van der Waals surface area contributed by atoms with E-state index in [-0.39, 0.29) is 11.6 Å². The van der Waals surface area contributed by atoms with Crippen molar-refractivity contribution < 1.29 is 4.79 Å². The molecule has 1 aromatic rings. The van der Waals surface area contributed by atoms with E-state index in [0.29, 0.717) is 6.54 Å². The van der Waals surface area contributed by atoms with Gasteiger partial charge in [0.25, 0.3) is 0 Å². The molecule has 0 radical (unpaired) electrons. The predicted octanol–water partition coefficient (Wildman–Crippen LogP) is 3.32. The average molecular weight is 278 g/mol. The molecule has 0 bridgehead atoms. The highest BCUT2D eigenvalue weighted by molar-refractivity contribution is 7.99. The van der Waals surface area contributed by atoms with E-state index in [9.17, 15) is 4.79 Å². The van der Waals surface area contributed by atoms with Gasteiger partial charge in [0.15, 0.2) is 0 Å². The summed E-state index contributed by atoms with van der Waals surface area (Å²) >= 11 is 1.93. The van der Waals surface area contributed by atoms with E-state index in [1.807, 2.05) is 32.5 Å². The van der Waals surface area contributed by atoms with Crippen LogP contribution < -0.4 is 10.6 Å². The fraction of sp³-hybridized carbons (Fsp3) is 0.533. The molecule has 0 atom stereocenters. The number of fused-ring (bicyclic) bond motifs is 1. The molecule has 1 aliphatic heterocycles. The van der Waals surface area contributed by atoms with E-state index < -0.39 is 0 Å². The van der Waals surface area contributed by atoms with Crippen LogP contribution in [0.4, 0.5) is 4.79 Å². The Morgan fingerprint density at radius 3 is 2.89 bits per heavy atom. The minimum Gasteiger partial charge on any atom is -0.334 e. The molecule has 4 heteroatoms. The van der Waals surface area contributed by atoms with E-state index in [4.69, 9.17) is 0 Å². The fourth-order valence-corrected chi connectivity index (χ4v) is 3.11. The van der Waals surface area contributed by atoms with Crippen LogP contribution in [0.25, 0.3) is 0 Å². The zero-order valence-electron chi connectivity index (χ0n) is 11.9. The molecule has 0 unspecified atom stereocenters. The molecule has 1 aromatic carbocycles. The summed E-state index contributed by atoms with van der Waals surface area (Å²) in [5.41, 5.74) is 2.40. The lowest BCUT2D eigenvalue weighted by atomic mass is 10.1. The summed E-state index contributed by atoms with van der Waals surface area (Å²) in [4.78, 5) is 13.1. The van der Waals surface area contributed by atoms with Crippen molar-refractivity contribution in [2.45, 2.75) is 50.6 Å². The summed E-state index contributed by atoms with van der Waals surface area (Å²) in [6.07, 6.45) is 2.41. The number of carbonyl (C=O) groups is 1. The second-order valence-electron chi connectivity index (χ2n) is 5.95. The lowest BCUT2D eigenvalue weighted by Gasteiger charge is -2.21. The number of benzene rings is 1. The van der Waals surface area contributed by atoms with Gasteiger partial charge in [-0.3, -0.25) is 0 Å². The first-order valence-corrected chi connectivity index (χ1v) is 7.73. The second kappa shape index (κ2) is 5.87. The molecule has 1 heterocycles. The summed E-state index contributed by atoms with van der Waals surface area (Å²) in [5, 5.41) is 5.80. The summed E-state index contributed by atoms with van der Waals surface area (Å²) in [6, 6.07) is 6.39. The first-order chi connectivity index (χ1) is 8.94. The van der Waals surface area contributed by atoms with Gasteiger partial charge in [0, 0.05) is 17.0 Å². The van der Waals surface area contributed by atoms with Crippen molar-refractivity contribution in [2.75, 3.05) is 5.75 Å². The Hall–Kier alpha value is -1.16. The van der Waals surface area contributed by atoms with Gasteiger partial charge >= 0.3 is 6.03 Å². The number of rotatable bonds is 2. The fourth-order valence-electron chi connectivity index (χ4n) is 2.09. The SMILES string of the molecule is CC(C)(C)NC(=O)NCc1ccc2c(c1)CCCS2. The number of nitrogens with one attached hydrogen (secondary N) is 2. The summed E-state index contributed by atoms with van der Waals surface area (Å²) < 4.78 is 0. The van der Waals surface area contributed by atoms with Crippen molar-refractivity contribution in [1.82, 2.24) is 10.6 Å². The molecule has 19 heavy (non-hydrogen) atoms. The maximum atomic E-state index is 11.7. The van der Waals surface area contributed by atoms with Gasteiger partial charge in [-0.25, -0.2) is 4.79 Å². The Morgan fingerprint density at radius 1 is 1.37 bits per heavy atom. The Bertz CT molecular complexity index is 466. The van der Waals surface area contributed by atoms with Gasteiger partial charge < -0.3 is 10.6 Å². The molecular weight excluding hydrogens is 256 g/mol. The highest BCUT2D eigenvalue weighted by Gasteiger charge is 2.14. The quantitative estimate of drug-likeness (QED) is 0.871. The topological polar surface area (TPSA) is 41.1 Å². The van der Waals surface area contributed by atoms with Crippen molar-refractivity contribution in [3.05, 3.63) is 29.3 Å². The van der Waals surface area contributed by atoms with Crippen LogP contribution in [-0.4, -0.2) is 17.3 Å². The minimum absolute atomic E-state index is 0.111. The van der Waals surface area contributed by atoms with E-state index in [0.717, 1.165) is 6.42 Å². The maximum absolute atomic E-state index is 11.7. The largest absolute Gasteiger partial charge is 0.334 e. The zero-order valence-corrected chi connectivity index (χ0v) is 12.7. The van der Waals surface area contributed by atoms with E-state index in [1.54, 1.807) is 0 Å². The number of carbonyl (C=O) groups excluding carboxylic acids is 1. The molecule has 2 amide bonds. The third kappa shape index (κ3) is 4.46. The lowest BCUT2D eigenvalue weighted by Crippen LogP contribution is -2.46. The van der Waals surface area contributed by atoms with Crippen LogP contribution in [0.1, 0.15) is 38.3 Å². The van der Waals surface area contributed by atoms with E-state index in [1.165, 1.54) is 28.2 Å². The van der Waals surface area contributed by atoms with Crippen LogP contribution in [-0.2, 0) is 13.0 Å². The normalized spacial score (nSPS) is 14.7. The van der Waals surface area contributed by atoms with Gasteiger partial charge in [-0.1, -0.05) is 12.1 Å². The molecule has 3 nitrogen and oxygen atoms in total. The number of hydrogen-bond donors (Lipinski definition) is 2. The summed E-state index contributed by atoms with van der Waals surface area (Å²) in [5.74, 6) is 1.22. The molecule has 2 rings (SSSR count). The van der Waals surface area contributed by atoms with Crippen molar-refractivity contribution in [3.63, 3.8) is 0 Å². The Balaban J connectivity index is 1.91. The van der Waals surface area contributed by atoms with Gasteiger partial charge in [-0.15, -0.1) is 11.8 Å². The first kappa shape index (κ1) is 14.3. The molecule has 2 N–H and O–H groups in total. The van der Waals surface area contributed by atoms with Crippen molar-refractivity contribution in [1.29, 1.82) is 0 Å². The third-order valence-electron chi connectivity index (χ3n) is 2.91. The molecule has 0 fully saturated rings. The highest BCUT2D eigenvalue weighted by Crippen LogP contribution is 2.30. The van der Waals surface area contributed by atoms with E-state index >= 15 is 0 Å². The van der Waals surface area contributed by atoms with Crippen molar-refractivity contribution >= 4 is 17.8 Å². The predicted molar refractivity (Wildman–Crippen MR) is 80.6 cm³/mol.